The summed E-state index contributed by atoms with van der Waals surface area (Å²) in [5.41, 5.74) is 8.39. The molecule has 0 fully saturated rings. The molecule has 3 heterocycles. The number of methoxy groups -OCH3 is 2. The van der Waals surface area contributed by atoms with E-state index in [1.807, 2.05) is 19.1 Å². The highest BCUT2D eigenvalue weighted by atomic mass is 16.5. The van der Waals surface area contributed by atoms with Gasteiger partial charge in [0.05, 0.1) is 38.9 Å². The third kappa shape index (κ3) is 4.44. The highest BCUT2D eigenvalue weighted by Gasteiger charge is 2.38. The first-order valence-corrected chi connectivity index (χ1v) is 11.1. The average molecular weight is 478 g/mol. The van der Waals surface area contributed by atoms with Gasteiger partial charge in [-0.2, -0.15) is 0 Å². The minimum absolute atomic E-state index is 0.0560. The molecule has 0 amide bonds. The van der Waals surface area contributed by atoms with Crippen LogP contribution in [0.4, 0.5) is 0 Å². The van der Waals surface area contributed by atoms with Crippen LogP contribution >= 0.6 is 0 Å². The topological polar surface area (TPSA) is 115 Å². The molecule has 4 rings (SSSR count). The molecule has 9 heteroatoms. The number of aromatic nitrogens is 2. The van der Waals surface area contributed by atoms with Gasteiger partial charge in [-0.3, -0.25) is 9.78 Å². The zero-order valence-corrected chi connectivity index (χ0v) is 20.0. The van der Waals surface area contributed by atoms with Crippen LogP contribution in [0.25, 0.3) is 0 Å². The van der Waals surface area contributed by atoms with Crippen molar-refractivity contribution < 1.29 is 23.7 Å². The fraction of sp³-hybridized carbons (Fsp3) is 0.269. The van der Waals surface area contributed by atoms with Crippen molar-refractivity contribution >= 4 is 5.97 Å². The van der Waals surface area contributed by atoms with Gasteiger partial charge >= 0.3 is 5.97 Å². The Morgan fingerprint density at radius 1 is 1.17 bits per heavy atom. The predicted octanol–water partition coefficient (Wildman–Crippen LogP) is 2.87. The van der Waals surface area contributed by atoms with E-state index in [1.54, 1.807) is 48.1 Å². The number of aryl methyl sites for hydroxylation is 1. The Bertz CT molecular complexity index is 1350. The Morgan fingerprint density at radius 3 is 2.60 bits per heavy atom. The van der Waals surface area contributed by atoms with E-state index in [1.165, 1.54) is 14.2 Å². The molecule has 2 N–H and O–H groups in total. The molecule has 1 aliphatic rings. The van der Waals surface area contributed by atoms with E-state index in [4.69, 9.17) is 24.7 Å². The van der Waals surface area contributed by atoms with E-state index >= 15 is 0 Å². The van der Waals surface area contributed by atoms with Crippen molar-refractivity contribution in [2.75, 3.05) is 20.8 Å². The van der Waals surface area contributed by atoms with Crippen molar-refractivity contribution in [1.29, 1.82) is 0 Å². The number of esters is 1. The molecule has 9 nitrogen and oxygen atoms in total. The van der Waals surface area contributed by atoms with Gasteiger partial charge in [-0.05, 0) is 43.2 Å². The minimum Gasteiger partial charge on any atom is -0.493 e. The summed E-state index contributed by atoms with van der Waals surface area (Å²) in [6, 6.07) is 10.6. The first-order chi connectivity index (χ1) is 16.9. The molecule has 35 heavy (non-hydrogen) atoms. The van der Waals surface area contributed by atoms with Gasteiger partial charge in [-0.1, -0.05) is 12.1 Å². The number of hydrogen-bond donors (Lipinski definition) is 1. The van der Waals surface area contributed by atoms with Gasteiger partial charge in [-0.15, -0.1) is 0 Å². The highest BCUT2D eigenvalue weighted by molar-refractivity contribution is 5.92. The first kappa shape index (κ1) is 23.9. The maximum atomic E-state index is 13.9. The lowest BCUT2D eigenvalue weighted by Crippen LogP contribution is -2.35. The first-order valence-electron chi connectivity index (χ1n) is 11.1. The number of hydrogen-bond acceptors (Lipinski definition) is 8. The predicted molar refractivity (Wildman–Crippen MR) is 129 cm³/mol. The molecule has 0 saturated carbocycles. The van der Waals surface area contributed by atoms with Crippen molar-refractivity contribution in [3.05, 3.63) is 93.0 Å². The minimum atomic E-state index is -0.842. The lowest BCUT2D eigenvalue weighted by atomic mass is 9.83. The zero-order valence-electron chi connectivity index (χ0n) is 20.0. The Kier molecular flexibility index (Phi) is 6.77. The number of fused-ring (bicyclic) bond motifs is 1. The molecule has 1 atom stereocenters. The molecular formula is C26H27N3O6. The summed E-state index contributed by atoms with van der Waals surface area (Å²) in [5.74, 6) is -0.362. The van der Waals surface area contributed by atoms with E-state index in [-0.39, 0.29) is 29.2 Å². The summed E-state index contributed by atoms with van der Waals surface area (Å²) in [6.45, 7) is 3.95. The second kappa shape index (κ2) is 9.92. The maximum Gasteiger partial charge on any atom is 0.340 e. The number of carbonyl (C=O) groups is 1. The van der Waals surface area contributed by atoms with E-state index in [9.17, 15) is 9.59 Å². The fourth-order valence-corrected chi connectivity index (χ4v) is 4.23. The van der Waals surface area contributed by atoms with Crippen molar-refractivity contribution in [2.24, 2.45) is 5.73 Å². The van der Waals surface area contributed by atoms with Gasteiger partial charge in [0.15, 0.2) is 11.5 Å². The fourth-order valence-electron chi connectivity index (χ4n) is 4.23. The standard InChI is InChI=1S/C26H27N3O6/c1-5-34-26(31)23-21(17-8-9-18(32-3)19(12-17)33-4)22-20(35-24(23)27)11-15(2)29(25(22)30)14-16-7-6-10-28-13-16/h6-13,21H,5,14,27H2,1-4H3. The quantitative estimate of drug-likeness (QED) is 0.517. The number of benzene rings is 1. The molecule has 0 radical (unpaired) electrons. The molecule has 0 bridgehead atoms. The number of ether oxygens (including phenoxy) is 4. The van der Waals surface area contributed by atoms with Gasteiger partial charge in [0.25, 0.3) is 5.56 Å². The van der Waals surface area contributed by atoms with Crippen LogP contribution in [0.5, 0.6) is 17.2 Å². The largest absolute Gasteiger partial charge is 0.493 e. The molecular weight excluding hydrogens is 450 g/mol. The molecule has 2 aromatic heterocycles. The number of nitrogens with zero attached hydrogens (tertiary/aromatic N) is 2. The monoisotopic (exact) mass is 477 g/mol. The van der Waals surface area contributed by atoms with Crippen LogP contribution < -0.4 is 25.5 Å². The Labute approximate surface area is 202 Å². The van der Waals surface area contributed by atoms with E-state index in [2.05, 4.69) is 4.98 Å². The van der Waals surface area contributed by atoms with Crippen LogP contribution in [0.1, 0.15) is 35.2 Å². The lowest BCUT2D eigenvalue weighted by Gasteiger charge is -2.29. The molecule has 1 aliphatic heterocycles. The van der Waals surface area contributed by atoms with Crippen molar-refractivity contribution in [3.8, 4) is 17.2 Å². The average Bonchev–Trinajstić information content (AvgIpc) is 2.86. The van der Waals surface area contributed by atoms with Crippen LogP contribution in [0.15, 0.2) is 65.0 Å². The Morgan fingerprint density at radius 2 is 1.94 bits per heavy atom. The number of nitrogens with two attached hydrogens (primary N) is 1. The van der Waals surface area contributed by atoms with Gasteiger partial charge in [-0.25, -0.2) is 4.79 Å². The van der Waals surface area contributed by atoms with Gasteiger partial charge in [0.1, 0.15) is 11.3 Å². The molecule has 0 aliphatic carbocycles. The number of carbonyl (C=O) groups excluding carboxylic acids is 1. The van der Waals surface area contributed by atoms with Crippen LogP contribution in [0, 0.1) is 6.92 Å². The molecule has 0 saturated heterocycles. The van der Waals surface area contributed by atoms with Crippen molar-refractivity contribution in [2.45, 2.75) is 26.3 Å². The number of rotatable bonds is 7. The number of pyridine rings is 2. The lowest BCUT2D eigenvalue weighted by molar-refractivity contribution is -0.139. The molecule has 1 unspecified atom stereocenters. The Balaban J connectivity index is 1.96. The van der Waals surface area contributed by atoms with Crippen molar-refractivity contribution in [1.82, 2.24) is 9.55 Å². The van der Waals surface area contributed by atoms with Crippen LogP contribution in [0.3, 0.4) is 0 Å². The molecule has 0 spiro atoms. The van der Waals surface area contributed by atoms with Crippen molar-refractivity contribution in [3.63, 3.8) is 0 Å². The zero-order chi connectivity index (χ0) is 25.1. The normalized spacial score (nSPS) is 14.7. The third-order valence-electron chi connectivity index (χ3n) is 5.87. The second-order valence-electron chi connectivity index (χ2n) is 7.96. The summed E-state index contributed by atoms with van der Waals surface area (Å²) >= 11 is 0. The van der Waals surface area contributed by atoms with Gasteiger partial charge in [0, 0.05) is 24.2 Å². The van der Waals surface area contributed by atoms with Crippen LogP contribution in [-0.2, 0) is 16.1 Å². The van der Waals surface area contributed by atoms with E-state index in [0.717, 1.165) is 5.56 Å². The molecule has 182 valence electrons. The second-order valence-corrected chi connectivity index (χ2v) is 7.96. The van der Waals surface area contributed by atoms with Crippen LogP contribution in [-0.4, -0.2) is 36.3 Å². The Hall–Kier alpha value is -4.27. The third-order valence-corrected chi connectivity index (χ3v) is 5.87. The van der Waals surface area contributed by atoms with E-state index in [0.29, 0.717) is 35.1 Å². The van der Waals surface area contributed by atoms with Gasteiger partial charge < -0.3 is 29.2 Å². The summed E-state index contributed by atoms with van der Waals surface area (Å²) in [4.78, 5) is 31.1. The van der Waals surface area contributed by atoms with E-state index < -0.39 is 11.9 Å². The SMILES string of the molecule is CCOC(=O)C1=C(N)Oc2cc(C)n(Cc3cccnc3)c(=O)c2C1c1ccc(OC)c(OC)c1. The summed E-state index contributed by atoms with van der Waals surface area (Å²) in [6.07, 6.45) is 3.38. The molecule has 1 aromatic carbocycles. The summed E-state index contributed by atoms with van der Waals surface area (Å²) in [5, 5.41) is 0. The summed E-state index contributed by atoms with van der Waals surface area (Å²) in [7, 11) is 3.04. The maximum absolute atomic E-state index is 13.9. The highest BCUT2D eigenvalue weighted by Crippen LogP contribution is 2.43. The smallest absolute Gasteiger partial charge is 0.340 e. The van der Waals surface area contributed by atoms with Gasteiger partial charge in [0.2, 0.25) is 5.88 Å². The van der Waals surface area contributed by atoms with Crippen LogP contribution in [0.2, 0.25) is 0 Å². The summed E-state index contributed by atoms with van der Waals surface area (Å²) < 4.78 is 23.5. The molecule has 3 aromatic rings.